The number of rotatable bonds is 6. The lowest BCUT2D eigenvalue weighted by Gasteiger charge is -2.14. The van der Waals surface area contributed by atoms with Gasteiger partial charge in [0.25, 0.3) is 0 Å². The highest BCUT2D eigenvalue weighted by Gasteiger charge is 2.06. The summed E-state index contributed by atoms with van der Waals surface area (Å²) in [5, 5.41) is 0. The standard InChI is InChI=1S/C15H18BrNO3/c1-17(11-5-8-15(19)20-2)14(18)10-9-12-6-3-4-7-13(12)16/h3-4,6-7,9-10H,5,8,11H2,1-2H3/b10-9+. The van der Waals surface area contributed by atoms with Crippen LogP contribution >= 0.6 is 15.9 Å². The predicted octanol–water partition coefficient (Wildman–Crippen LogP) is 2.87. The maximum atomic E-state index is 11.9. The van der Waals surface area contributed by atoms with Crippen LogP contribution in [0.1, 0.15) is 18.4 Å². The number of ether oxygens (including phenoxy) is 1. The van der Waals surface area contributed by atoms with E-state index < -0.39 is 0 Å². The van der Waals surface area contributed by atoms with E-state index in [9.17, 15) is 9.59 Å². The molecule has 1 aromatic carbocycles. The summed E-state index contributed by atoms with van der Waals surface area (Å²) in [7, 11) is 3.07. The van der Waals surface area contributed by atoms with Gasteiger partial charge >= 0.3 is 5.97 Å². The summed E-state index contributed by atoms with van der Waals surface area (Å²) < 4.78 is 5.49. The van der Waals surface area contributed by atoms with Gasteiger partial charge in [-0.1, -0.05) is 34.1 Å². The molecule has 5 heteroatoms. The molecule has 1 aromatic rings. The zero-order chi connectivity index (χ0) is 15.0. The molecule has 0 unspecified atom stereocenters. The van der Waals surface area contributed by atoms with Crippen molar-refractivity contribution in [2.45, 2.75) is 12.8 Å². The lowest BCUT2D eigenvalue weighted by Crippen LogP contribution is -2.26. The van der Waals surface area contributed by atoms with E-state index >= 15 is 0 Å². The van der Waals surface area contributed by atoms with Gasteiger partial charge in [0.2, 0.25) is 5.91 Å². The summed E-state index contributed by atoms with van der Waals surface area (Å²) in [4.78, 5) is 24.4. The van der Waals surface area contributed by atoms with E-state index in [0.29, 0.717) is 19.4 Å². The third-order valence-corrected chi connectivity index (χ3v) is 3.51. The first-order valence-electron chi connectivity index (χ1n) is 6.29. The molecule has 0 saturated carbocycles. The molecule has 0 spiro atoms. The molecule has 0 heterocycles. The number of benzene rings is 1. The van der Waals surface area contributed by atoms with Crippen molar-refractivity contribution in [2.75, 3.05) is 20.7 Å². The number of amides is 1. The van der Waals surface area contributed by atoms with E-state index in [2.05, 4.69) is 20.7 Å². The first kappa shape index (κ1) is 16.4. The van der Waals surface area contributed by atoms with Crippen LogP contribution in [-0.2, 0) is 14.3 Å². The van der Waals surface area contributed by atoms with E-state index in [-0.39, 0.29) is 11.9 Å². The second kappa shape index (κ2) is 8.53. The first-order valence-corrected chi connectivity index (χ1v) is 7.08. The van der Waals surface area contributed by atoms with Gasteiger partial charge in [-0.25, -0.2) is 0 Å². The highest BCUT2D eigenvalue weighted by Crippen LogP contribution is 2.17. The Balaban J connectivity index is 2.46. The number of nitrogens with zero attached hydrogens (tertiary/aromatic N) is 1. The quantitative estimate of drug-likeness (QED) is 0.591. The van der Waals surface area contributed by atoms with E-state index in [1.807, 2.05) is 24.3 Å². The number of carbonyl (C=O) groups excluding carboxylic acids is 2. The second-order valence-electron chi connectivity index (χ2n) is 4.29. The van der Waals surface area contributed by atoms with Gasteiger partial charge in [-0.05, 0) is 24.1 Å². The summed E-state index contributed by atoms with van der Waals surface area (Å²) in [5.41, 5.74) is 0.948. The number of esters is 1. The number of likely N-dealkylation sites (N-methyl/N-ethyl adjacent to an activating group) is 1. The molecule has 20 heavy (non-hydrogen) atoms. The summed E-state index contributed by atoms with van der Waals surface area (Å²) in [6.45, 7) is 0.522. The summed E-state index contributed by atoms with van der Waals surface area (Å²) in [6.07, 6.45) is 4.21. The lowest BCUT2D eigenvalue weighted by atomic mass is 10.2. The molecule has 0 atom stereocenters. The lowest BCUT2D eigenvalue weighted by molar-refractivity contribution is -0.141. The van der Waals surface area contributed by atoms with Crippen molar-refractivity contribution < 1.29 is 14.3 Å². The molecule has 0 aromatic heterocycles. The van der Waals surface area contributed by atoms with Crippen molar-refractivity contribution >= 4 is 33.9 Å². The van der Waals surface area contributed by atoms with Crippen LogP contribution in [0.3, 0.4) is 0 Å². The van der Waals surface area contributed by atoms with E-state index in [1.165, 1.54) is 13.2 Å². The topological polar surface area (TPSA) is 46.6 Å². The maximum Gasteiger partial charge on any atom is 0.305 e. The molecule has 0 N–H and O–H groups in total. The Morgan fingerprint density at radius 3 is 2.70 bits per heavy atom. The van der Waals surface area contributed by atoms with Crippen LogP contribution in [0.15, 0.2) is 34.8 Å². The number of hydrogen-bond acceptors (Lipinski definition) is 3. The average molecular weight is 340 g/mol. The van der Waals surface area contributed by atoms with Crippen molar-refractivity contribution in [3.05, 3.63) is 40.4 Å². The fraction of sp³-hybridized carbons (Fsp3) is 0.333. The van der Waals surface area contributed by atoms with Crippen molar-refractivity contribution in [2.24, 2.45) is 0 Å². The minimum absolute atomic E-state index is 0.0920. The molecule has 108 valence electrons. The number of carbonyl (C=O) groups is 2. The van der Waals surface area contributed by atoms with Crippen LogP contribution in [-0.4, -0.2) is 37.5 Å². The largest absolute Gasteiger partial charge is 0.469 e. The smallest absolute Gasteiger partial charge is 0.305 e. The molecule has 0 fully saturated rings. The monoisotopic (exact) mass is 339 g/mol. The van der Waals surface area contributed by atoms with Crippen LogP contribution in [0, 0.1) is 0 Å². The van der Waals surface area contributed by atoms with Crippen LogP contribution in [0.2, 0.25) is 0 Å². The van der Waals surface area contributed by atoms with E-state index in [0.717, 1.165) is 10.0 Å². The number of methoxy groups -OCH3 is 1. The molecule has 0 bridgehead atoms. The molecule has 1 rings (SSSR count). The normalized spacial score (nSPS) is 10.6. The Labute approximate surface area is 127 Å². The molecule has 1 amide bonds. The van der Waals surface area contributed by atoms with Crippen molar-refractivity contribution in [3.63, 3.8) is 0 Å². The van der Waals surface area contributed by atoms with Crippen LogP contribution in [0.5, 0.6) is 0 Å². The van der Waals surface area contributed by atoms with Crippen molar-refractivity contribution in [3.8, 4) is 0 Å². The third kappa shape index (κ3) is 5.57. The van der Waals surface area contributed by atoms with Gasteiger partial charge in [-0.15, -0.1) is 0 Å². The minimum Gasteiger partial charge on any atom is -0.469 e. The fourth-order valence-electron chi connectivity index (χ4n) is 1.57. The average Bonchev–Trinajstić information content (AvgIpc) is 2.45. The maximum absolute atomic E-state index is 11.9. The minimum atomic E-state index is -0.255. The predicted molar refractivity (Wildman–Crippen MR) is 82.1 cm³/mol. The highest BCUT2D eigenvalue weighted by atomic mass is 79.9. The Morgan fingerprint density at radius 2 is 2.05 bits per heavy atom. The highest BCUT2D eigenvalue weighted by molar-refractivity contribution is 9.10. The zero-order valence-corrected chi connectivity index (χ0v) is 13.2. The zero-order valence-electron chi connectivity index (χ0n) is 11.6. The molecule has 4 nitrogen and oxygen atoms in total. The Morgan fingerprint density at radius 1 is 1.35 bits per heavy atom. The summed E-state index contributed by atoms with van der Waals surface area (Å²) >= 11 is 3.42. The van der Waals surface area contributed by atoms with Gasteiger partial charge in [0.15, 0.2) is 0 Å². The van der Waals surface area contributed by atoms with Crippen molar-refractivity contribution in [1.29, 1.82) is 0 Å². The first-order chi connectivity index (χ1) is 9.54. The van der Waals surface area contributed by atoms with Gasteiger partial charge in [-0.3, -0.25) is 9.59 Å². The second-order valence-corrected chi connectivity index (χ2v) is 5.15. The third-order valence-electron chi connectivity index (χ3n) is 2.79. The van der Waals surface area contributed by atoms with E-state index in [1.54, 1.807) is 18.0 Å². The molecule has 0 radical (unpaired) electrons. The van der Waals surface area contributed by atoms with Gasteiger partial charge in [-0.2, -0.15) is 0 Å². The van der Waals surface area contributed by atoms with Gasteiger partial charge in [0.05, 0.1) is 7.11 Å². The molecule has 0 aliphatic rings. The Hall–Kier alpha value is -1.62. The van der Waals surface area contributed by atoms with Gasteiger partial charge in [0, 0.05) is 30.6 Å². The van der Waals surface area contributed by atoms with Crippen LogP contribution in [0.4, 0.5) is 0 Å². The van der Waals surface area contributed by atoms with Crippen molar-refractivity contribution in [1.82, 2.24) is 4.90 Å². The van der Waals surface area contributed by atoms with Gasteiger partial charge < -0.3 is 9.64 Å². The van der Waals surface area contributed by atoms with Gasteiger partial charge in [0.1, 0.15) is 0 Å². The molecule has 0 aliphatic heterocycles. The van der Waals surface area contributed by atoms with Crippen LogP contribution < -0.4 is 0 Å². The molecule has 0 aliphatic carbocycles. The summed E-state index contributed by atoms with van der Waals surface area (Å²) in [6, 6.07) is 7.67. The number of halogens is 1. The Bertz CT molecular complexity index is 500. The fourth-order valence-corrected chi connectivity index (χ4v) is 1.99. The molecular weight excluding hydrogens is 322 g/mol. The number of hydrogen-bond donors (Lipinski definition) is 0. The summed E-state index contributed by atoms with van der Waals surface area (Å²) in [5.74, 6) is -0.347. The van der Waals surface area contributed by atoms with Crippen LogP contribution in [0.25, 0.3) is 6.08 Å². The SMILES string of the molecule is COC(=O)CCCN(C)C(=O)/C=C/c1ccccc1Br. The Kier molecular flexibility index (Phi) is 7.01. The molecular formula is C15H18BrNO3. The molecule has 0 saturated heterocycles. The van der Waals surface area contributed by atoms with E-state index in [4.69, 9.17) is 0 Å².